The Hall–Kier alpha value is -0.540. The summed E-state index contributed by atoms with van der Waals surface area (Å²) in [5.41, 5.74) is -0.955. The Labute approximate surface area is 69.8 Å². The summed E-state index contributed by atoms with van der Waals surface area (Å²) >= 11 is 5.84. The van der Waals surface area contributed by atoms with Crippen molar-refractivity contribution in [1.29, 1.82) is 5.41 Å². The molecule has 0 spiro atoms. The molecule has 0 aromatic heterocycles. The molecule has 0 saturated carbocycles. The standard InChI is InChI=1S/C7H9ClN2O/c8-5-3-7(11)2-1-6(9)10(7)4-5/h1-2,5,9,11H,3-4H2/t5-,7?/m0/s1. The van der Waals surface area contributed by atoms with E-state index >= 15 is 0 Å². The van der Waals surface area contributed by atoms with Gasteiger partial charge in [-0.15, -0.1) is 11.6 Å². The molecular weight excluding hydrogens is 164 g/mol. The summed E-state index contributed by atoms with van der Waals surface area (Å²) in [4.78, 5) is 1.62. The summed E-state index contributed by atoms with van der Waals surface area (Å²) in [6.45, 7) is 0.573. The van der Waals surface area contributed by atoms with Crippen LogP contribution in [0.4, 0.5) is 0 Å². The van der Waals surface area contributed by atoms with Crippen molar-refractivity contribution in [3.05, 3.63) is 12.2 Å². The average Bonchev–Trinajstić information content (AvgIpc) is 2.32. The molecule has 2 heterocycles. The summed E-state index contributed by atoms with van der Waals surface area (Å²) in [6.07, 6.45) is 3.77. The largest absolute Gasteiger partial charge is 0.367 e. The second kappa shape index (κ2) is 1.99. The Morgan fingerprint density at radius 3 is 3.18 bits per heavy atom. The normalized spacial score (nSPS) is 41.8. The van der Waals surface area contributed by atoms with E-state index in [1.165, 1.54) is 0 Å². The van der Waals surface area contributed by atoms with E-state index in [2.05, 4.69) is 0 Å². The molecule has 2 rings (SSSR count). The average molecular weight is 173 g/mol. The van der Waals surface area contributed by atoms with Gasteiger partial charge in [-0.05, 0) is 12.2 Å². The highest BCUT2D eigenvalue weighted by atomic mass is 35.5. The van der Waals surface area contributed by atoms with Crippen molar-refractivity contribution in [1.82, 2.24) is 4.90 Å². The Balaban J connectivity index is 2.31. The highest BCUT2D eigenvalue weighted by Gasteiger charge is 2.45. The van der Waals surface area contributed by atoms with Crippen LogP contribution >= 0.6 is 11.6 Å². The molecule has 2 aliphatic rings. The van der Waals surface area contributed by atoms with E-state index in [1.54, 1.807) is 17.1 Å². The number of hydrogen-bond acceptors (Lipinski definition) is 2. The number of nitrogens with zero attached hydrogens (tertiary/aromatic N) is 1. The molecule has 1 unspecified atom stereocenters. The van der Waals surface area contributed by atoms with E-state index in [-0.39, 0.29) is 5.38 Å². The predicted octanol–water partition coefficient (Wildman–Crippen LogP) is 0.535. The maximum absolute atomic E-state index is 9.79. The number of fused-ring (bicyclic) bond motifs is 1. The molecule has 4 heteroatoms. The molecule has 2 N–H and O–H groups in total. The zero-order valence-electron chi connectivity index (χ0n) is 5.92. The Morgan fingerprint density at radius 1 is 1.82 bits per heavy atom. The lowest BCUT2D eigenvalue weighted by Crippen LogP contribution is -2.40. The van der Waals surface area contributed by atoms with Gasteiger partial charge in [-0.3, -0.25) is 5.41 Å². The van der Waals surface area contributed by atoms with Gasteiger partial charge >= 0.3 is 0 Å². The molecule has 0 radical (unpaired) electrons. The van der Waals surface area contributed by atoms with Gasteiger partial charge in [0.05, 0.1) is 5.38 Å². The van der Waals surface area contributed by atoms with Crippen LogP contribution in [0.5, 0.6) is 0 Å². The quantitative estimate of drug-likeness (QED) is 0.524. The first-order valence-corrected chi connectivity index (χ1v) is 3.97. The van der Waals surface area contributed by atoms with Gasteiger partial charge in [-0.1, -0.05) is 0 Å². The molecule has 0 aliphatic carbocycles. The topological polar surface area (TPSA) is 47.3 Å². The van der Waals surface area contributed by atoms with Crippen LogP contribution < -0.4 is 0 Å². The number of nitrogens with one attached hydrogen (secondary N) is 1. The van der Waals surface area contributed by atoms with Crippen LogP contribution in [0.3, 0.4) is 0 Å². The highest BCUT2D eigenvalue weighted by Crippen LogP contribution is 2.34. The summed E-state index contributed by atoms with van der Waals surface area (Å²) < 4.78 is 0. The van der Waals surface area contributed by atoms with Crippen molar-refractivity contribution in [3.8, 4) is 0 Å². The minimum absolute atomic E-state index is 0.0368. The van der Waals surface area contributed by atoms with Crippen molar-refractivity contribution >= 4 is 17.4 Å². The fourth-order valence-electron chi connectivity index (χ4n) is 1.62. The molecule has 0 aromatic carbocycles. The Morgan fingerprint density at radius 2 is 2.55 bits per heavy atom. The minimum atomic E-state index is -0.955. The van der Waals surface area contributed by atoms with Gasteiger partial charge in [-0.2, -0.15) is 0 Å². The van der Waals surface area contributed by atoms with Crippen LogP contribution in [-0.2, 0) is 0 Å². The van der Waals surface area contributed by atoms with Crippen LogP contribution in [0.1, 0.15) is 6.42 Å². The molecule has 60 valence electrons. The number of amidine groups is 1. The minimum Gasteiger partial charge on any atom is -0.367 e. The Kier molecular flexibility index (Phi) is 1.29. The van der Waals surface area contributed by atoms with Crippen molar-refractivity contribution in [3.63, 3.8) is 0 Å². The van der Waals surface area contributed by atoms with Gasteiger partial charge < -0.3 is 10.0 Å². The molecule has 2 atom stereocenters. The zero-order chi connectivity index (χ0) is 8.06. The summed E-state index contributed by atoms with van der Waals surface area (Å²) in [6, 6.07) is 0. The smallest absolute Gasteiger partial charge is 0.160 e. The van der Waals surface area contributed by atoms with E-state index in [9.17, 15) is 5.11 Å². The first kappa shape index (κ1) is 7.13. The first-order chi connectivity index (χ1) is 5.12. The van der Waals surface area contributed by atoms with Crippen molar-refractivity contribution < 1.29 is 5.11 Å². The number of rotatable bonds is 0. The third kappa shape index (κ3) is 0.880. The van der Waals surface area contributed by atoms with Crippen molar-refractivity contribution in [2.75, 3.05) is 6.54 Å². The molecule has 2 aliphatic heterocycles. The maximum Gasteiger partial charge on any atom is 0.160 e. The van der Waals surface area contributed by atoms with E-state index in [0.717, 1.165) is 0 Å². The third-order valence-corrected chi connectivity index (χ3v) is 2.46. The second-order valence-corrected chi connectivity index (χ2v) is 3.63. The van der Waals surface area contributed by atoms with Crippen LogP contribution in [0.15, 0.2) is 12.2 Å². The van der Waals surface area contributed by atoms with Crippen molar-refractivity contribution in [2.45, 2.75) is 17.5 Å². The number of aliphatic hydroxyl groups is 1. The molecule has 3 nitrogen and oxygen atoms in total. The van der Waals surface area contributed by atoms with E-state index < -0.39 is 5.72 Å². The lowest BCUT2D eigenvalue weighted by atomic mass is 10.2. The van der Waals surface area contributed by atoms with Crippen LogP contribution in [-0.4, -0.2) is 33.5 Å². The highest BCUT2D eigenvalue weighted by molar-refractivity contribution is 6.21. The predicted molar refractivity (Wildman–Crippen MR) is 42.8 cm³/mol. The molecule has 1 saturated heterocycles. The van der Waals surface area contributed by atoms with Crippen LogP contribution in [0.25, 0.3) is 0 Å². The lowest BCUT2D eigenvalue weighted by molar-refractivity contribution is 0.0111. The molecule has 1 fully saturated rings. The lowest BCUT2D eigenvalue weighted by Gasteiger charge is -2.25. The van der Waals surface area contributed by atoms with Crippen LogP contribution in [0.2, 0.25) is 0 Å². The van der Waals surface area contributed by atoms with Crippen molar-refractivity contribution in [2.24, 2.45) is 0 Å². The molecule has 0 bridgehead atoms. The molecule has 0 amide bonds. The Bertz CT molecular complexity index is 241. The van der Waals surface area contributed by atoms with Gasteiger partial charge in [0, 0.05) is 13.0 Å². The molecular formula is C7H9ClN2O. The third-order valence-electron chi connectivity index (χ3n) is 2.17. The molecule has 0 aromatic rings. The fraction of sp³-hybridized carbons (Fsp3) is 0.571. The number of hydrogen-bond donors (Lipinski definition) is 2. The zero-order valence-corrected chi connectivity index (χ0v) is 6.67. The van der Waals surface area contributed by atoms with Crippen LogP contribution in [0, 0.1) is 5.41 Å². The van der Waals surface area contributed by atoms with Gasteiger partial charge in [0.2, 0.25) is 0 Å². The van der Waals surface area contributed by atoms with Gasteiger partial charge in [-0.25, -0.2) is 0 Å². The second-order valence-electron chi connectivity index (χ2n) is 3.01. The summed E-state index contributed by atoms with van der Waals surface area (Å²) in [5.74, 6) is 0.357. The van der Waals surface area contributed by atoms with E-state index in [0.29, 0.717) is 18.8 Å². The first-order valence-electron chi connectivity index (χ1n) is 3.54. The number of alkyl halides is 1. The van der Waals surface area contributed by atoms with Gasteiger partial charge in [0.25, 0.3) is 0 Å². The summed E-state index contributed by atoms with van der Waals surface area (Å²) in [7, 11) is 0. The van der Waals surface area contributed by atoms with Gasteiger partial charge in [0.1, 0.15) is 5.84 Å². The van der Waals surface area contributed by atoms with E-state index in [1.807, 2.05) is 0 Å². The van der Waals surface area contributed by atoms with E-state index in [4.69, 9.17) is 17.0 Å². The summed E-state index contributed by atoms with van der Waals surface area (Å²) in [5, 5.41) is 17.2. The van der Waals surface area contributed by atoms with Gasteiger partial charge in [0.15, 0.2) is 5.72 Å². The number of halogens is 1. The monoisotopic (exact) mass is 172 g/mol. The SMILES string of the molecule is N=C1C=CC2(O)C[C@H](Cl)CN12. The maximum atomic E-state index is 9.79. The molecule has 11 heavy (non-hydrogen) atoms. The fourth-order valence-corrected chi connectivity index (χ4v) is 1.99.